The van der Waals surface area contributed by atoms with Crippen molar-refractivity contribution in [2.75, 3.05) is 14.7 Å². The standard InChI is InChI=1S/C79H90BN3S/c1-47-39-67-71-68(40-47)83(64-34-30-56(75(10,11)12)70-54-23-21-22-24-69(54)84-72(64)70)65-44-53(81(62-32-25-50(41-48(62)2)73(4,5)6)63-33-26-51(42-49(63)3)74(7,8)9)28-31-60(65)80(71)61-45-58-59(79(19,20)38-37-78(58,17)18)46-66(61)82(67)52-27-29-55-57(43-52)77(15,16)36-35-76(55,13)14/h21-34,39-46H,35-38H2,1-20H3. The summed E-state index contributed by atoms with van der Waals surface area (Å²) in [4.78, 5) is 8.02. The number of hydrogen-bond donors (Lipinski definition) is 0. The zero-order chi connectivity index (χ0) is 59.9. The molecule has 5 heteroatoms. The number of nitrogens with zero attached hydrogens (tertiary/aromatic N) is 3. The van der Waals surface area contributed by atoms with Crippen LogP contribution in [0.3, 0.4) is 0 Å². The van der Waals surface area contributed by atoms with Gasteiger partial charge < -0.3 is 14.7 Å². The largest absolute Gasteiger partial charge is 0.311 e. The highest BCUT2D eigenvalue weighted by Gasteiger charge is 2.48. The molecule has 3 nitrogen and oxygen atoms in total. The van der Waals surface area contributed by atoms with E-state index in [1.807, 2.05) is 11.3 Å². The Hall–Kier alpha value is -6.56. The van der Waals surface area contributed by atoms with Gasteiger partial charge in [0, 0.05) is 61.0 Å². The summed E-state index contributed by atoms with van der Waals surface area (Å²) < 4.78 is 2.66. The van der Waals surface area contributed by atoms with Gasteiger partial charge in [0.15, 0.2) is 0 Å². The predicted molar refractivity (Wildman–Crippen MR) is 369 cm³/mol. The Balaban J connectivity index is 1.16. The number of thiophene rings is 1. The smallest absolute Gasteiger partial charge is 0.252 e. The number of aryl methyl sites for hydroxylation is 3. The van der Waals surface area contributed by atoms with Crippen molar-refractivity contribution in [2.24, 2.45) is 0 Å². The van der Waals surface area contributed by atoms with E-state index in [1.165, 1.54) is 151 Å². The maximum atomic E-state index is 2.72. The number of benzene rings is 8. The molecule has 0 atom stereocenters. The van der Waals surface area contributed by atoms with Crippen LogP contribution in [0.5, 0.6) is 0 Å². The molecule has 0 amide bonds. The summed E-state index contributed by atoms with van der Waals surface area (Å²) in [5.74, 6) is 0. The van der Waals surface area contributed by atoms with E-state index >= 15 is 0 Å². The highest BCUT2D eigenvalue weighted by Crippen LogP contribution is 2.55. The molecular weight excluding hydrogens is 1030 g/mol. The Bertz CT molecular complexity index is 4150. The van der Waals surface area contributed by atoms with E-state index in [-0.39, 0.29) is 44.6 Å². The van der Waals surface area contributed by atoms with Gasteiger partial charge in [-0.25, -0.2) is 0 Å². The fraction of sp³-hybridized carbons (Fsp3) is 0.392. The van der Waals surface area contributed by atoms with Gasteiger partial charge in [0.2, 0.25) is 0 Å². The molecule has 430 valence electrons. The highest BCUT2D eigenvalue weighted by molar-refractivity contribution is 7.26. The molecule has 2 aliphatic heterocycles. The van der Waals surface area contributed by atoms with Crippen molar-refractivity contribution in [1.29, 1.82) is 0 Å². The van der Waals surface area contributed by atoms with Gasteiger partial charge in [0.1, 0.15) is 0 Å². The van der Waals surface area contributed by atoms with Crippen molar-refractivity contribution in [1.82, 2.24) is 0 Å². The molecule has 1 aromatic heterocycles. The maximum Gasteiger partial charge on any atom is 0.252 e. The number of hydrogen-bond acceptors (Lipinski definition) is 4. The normalized spacial score (nSPS) is 17.4. The summed E-state index contributed by atoms with van der Waals surface area (Å²) in [7, 11) is 0. The number of rotatable bonds is 5. The summed E-state index contributed by atoms with van der Waals surface area (Å²) in [6.45, 7) is 47.9. The fourth-order valence-corrected chi connectivity index (χ4v) is 16.6. The molecule has 84 heavy (non-hydrogen) atoms. The lowest BCUT2D eigenvalue weighted by Gasteiger charge is -2.48. The van der Waals surface area contributed by atoms with E-state index in [0.717, 1.165) is 18.5 Å². The number of anilines is 9. The lowest BCUT2D eigenvalue weighted by molar-refractivity contribution is 0.332. The first-order valence-electron chi connectivity index (χ1n) is 31.5. The topological polar surface area (TPSA) is 9.72 Å². The van der Waals surface area contributed by atoms with Crippen molar-refractivity contribution in [2.45, 2.75) is 202 Å². The minimum absolute atomic E-state index is 0.0127. The summed E-state index contributed by atoms with van der Waals surface area (Å²) in [6.07, 6.45) is 4.67. The van der Waals surface area contributed by atoms with E-state index in [9.17, 15) is 0 Å². The Morgan fingerprint density at radius 3 is 1.56 bits per heavy atom. The Morgan fingerprint density at radius 2 is 0.988 bits per heavy atom. The van der Waals surface area contributed by atoms with E-state index < -0.39 is 0 Å². The molecule has 0 saturated heterocycles. The molecular formula is C79H90BN3S. The van der Waals surface area contributed by atoms with Crippen LogP contribution in [0.2, 0.25) is 0 Å². The van der Waals surface area contributed by atoms with Crippen LogP contribution in [0.15, 0.2) is 133 Å². The highest BCUT2D eigenvalue weighted by atomic mass is 32.1. The zero-order valence-corrected chi connectivity index (χ0v) is 55.2. The van der Waals surface area contributed by atoms with Gasteiger partial charge >= 0.3 is 0 Å². The molecule has 0 fully saturated rings. The molecule has 0 unspecified atom stereocenters. The molecule has 8 aromatic carbocycles. The first-order valence-corrected chi connectivity index (χ1v) is 32.3. The molecule has 4 aliphatic rings. The zero-order valence-electron chi connectivity index (χ0n) is 54.4. The molecule has 0 radical (unpaired) electrons. The second-order valence-corrected chi connectivity index (χ2v) is 32.9. The average Bonchev–Trinajstić information content (AvgIpc) is 0.832. The molecule has 0 spiro atoms. The minimum Gasteiger partial charge on any atom is -0.311 e. The third-order valence-corrected chi connectivity index (χ3v) is 21.9. The van der Waals surface area contributed by atoms with Gasteiger partial charge in [-0.1, -0.05) is 184 Å². The monoisotopic (exact) mass is 1120 g/mol. The van der Waals surface area contributed by atoms with Crippen LogP contribution in [-0.4, -0.2) is 6.71 Å². The SMILES string of the molecule is Cc1cc2c3c(c1)N(c1ccc(C(C)(C)C)c4c1sc1ccccc14)c1cc(N(c4ccc(C(C)(C)C)cc4C)c4ccc(C(C)(C)C)cc4C)ccc1B3c1cc3c(cc1N2c1ccc2c(c1)C(C)(C)CCC2(C)C)C(C)(C)CCC3(C)C. The first kappa shape index (κ1) is 56.6. The van der Waals surface area contributed by atoms with Crippen LogP contribution in [0.25, 0.3) is 20.2 Å². The lowest BCUT2D eigenvalue weighted by Crippen LogP contribution is -2.62. The van der Waals surface area contributed by atoms with Crippen molar-refractivity contribution in [3.63, 3.8) is 0 Å². The quantitative estimate of drug-likeness (QED) is 0.159. The van der Waals surface area contributed by atoms with Gasteiger partial charge in [-0.3, -0.25) is 0 Å². The van der Waals surface area contributed by atoms with E-state index in [1.54, 1.807) is 0 Å². The van der Waals surface area contributed by atoms with Crippen LogP contribution in [0.4, 0.5) is 51.2 Å². The van der Waals surface area contributed by atoms with E-state index in [2.05, 4.69) is 287 Å². The second-order valence-electron chi connectivity index (χ2n) is 31.8. The molecule has 13 rings (SSSR count). The molecule has 0 N–H and O–H groups in total. The molecule has 3 heterocycles. The summed E-state index contributed by atoms with van der Waals surface area (Å²) in [6, 6.07) is 54.1. The van der Waals surface area contributed by atoms with Gasteiger partial charge in [-0.2, -0.15) is 0 Å². The first-order chi connectivity index (χ1) is 39.2. The van der Waals surface area contributed by atoms with E-state index in [0.29, 0.717) is 0 Å². The third kappa shape index (κ3) is 8.84. The Morgan fingerprint density at radius 1 is 0.452 bits per heavy atom. The van der Waals surface area contributed by atoms with Crippen LogP contribution < -0.4 is 31.1 Å². The third-order valence-electron chi connectivity index (χ3n) is 20.7. The molecule has 0 bridgehead atoms. The average molecular weight is 1120 g/mol. The summed E-state index contributed by atoms with van der Waals surface area (Å²) in [5, 5.41) is 2.71. The van der Waals surface area contributed by atoms with Gasteiger partial charge in [-0.15, -0.1) is 11.3 Å². The molecule has 9 aromatic rings. The van der Waals surface area contributed by atoms with Crippen LogP contribution in [0.1, 0.15) is 199 Å². The summed E-state index contributed by atoms with van der Waals surface area (Å²) >= 11 is 1.96. The minimum atomic E-state index is -0.0765. The van der Waals surface area contributed by atoms with Gasteiger partial charge in [-0.05, 0) is 223 Å². The van der Waals surface area contributed by atoms with Crippen LogP contribution in [-0.2, 0) is 37.9 Å². The Kier molecular flexibility index (Phi) is 12.6. The van der Waals surface area contributed by atoms with E-state index in [4.69, 9.17) is 0 Å². The lowest BCUT2D eigenvalue weighted by atomic mass is 9.33. The second kappa shape index (κ2) is 18.7. The number of fused-ring (bicyclic) bond motifs is 9. The van der Waals surface area contributed by atoms with Gasteiger partial charge in [0.05, 0.1) is 10.4 Å². The summed E-state index contributed by atoms with van der Waals surface area (Å²) in [5.41, 5.74) is 29.2. The van der Waals surface area contributed by atoms with Crippen LogP contribution in [0, 0.1) is 20.8 Å². The fourth-order valence-electron chi connectivity index (χ4n) is 15.3. The molecule has 0 saturated carbocycles. The van der Waals surface area contributed by atoms with Gasteiger partial charge in [0.25, 0.3) is 6.71 Å². The Labute approximate surface area is 508 Å². The van der Waals surface area contributed by atoms with Crippen molar-refractivity contribution >= 4 is 106 Å². The van der Waals surface area contributed by atoms with Crippen molar-refractivity contribution < 1.29 is 0 Å². The van der Waals surface area contributed by atoms with Crippen molar-refractivity contribution in [3.05, 3.63) is 189 Å². The molecule has 2 aliphatic carbocycles. The van der Waals surface area contributed by atoms with Crippen molar-refractivity contribution in [3.8, 4) is 0 Å². The predicted octanol–water partition coefficient (Wildman–Crippen LogP) is 21.1. The maximum absolute atomic E-state index is 2.72. The van der Waals surface area contributed by atoms with Crippen LogP contribution >= 0.6 is 11.3 Å².